The van der Waals surface area contributed by atoms with Crippen molar-refractivity contribution in [1.82, 2.24) is 15.5 Å². The van der Waals surface area contributed by atoms with E-state index in [1.54, 1.807) is 31.2 Å². The van der Waals surface area contributed by atoms with Gasteiger partial charge in [0.2, 0.25) is 5.91 Å². The summed E-state index contributed by atoms with van der Waals surface area (Å²) in [4.78, 5) is 40.1. The number of hydrogen-bond acceptors (Lipinski definition) is 5. The summed E-state index contributed by atoms with van der Waals surface area (Å²) >= 11 is 0. The number of hydrogen-bond donors (Lipinski definition) is 4. The van der Waals surface area contributed by atoms with Crippen LogP contribution in [0.15, 0.2) is 48.5 Å². The summed E-state index contributed by atoms with van der Waals surface area (Å²) in [5.41, 5.74) is 1.32. The van der Waals surface area contributed by atoms with E-state index in [0.29, 0.717) is 12.1 Å². The molecule has 0 unspecified atom stereocenters. The number of likely N-dealkylation sites (tertiary alicyclic amines) is 1. The Labute approximate surface area is 210 Å². The molecule has 36 heavy (non-hydrogen) atoms. The lowest BCUT2D eigenvalue weighted by atomic mass is 9.98. The van der Waals surface area contributed by atoms with Gasteiger partial charge in [-0.1, -0.05) is 49.7 Å². The van der Waals surface area contributed by atoms with Crippen LogP contribution in [0.25, 0.3) is 0 Å². The fourth-order valence-electron chi connectivity index (χ4n) is 4.35. The van der Waals surface area contributed by atoms with Gasteiger partial charge in [0.15, 0.2) is 6.10 Å². The van der Waals surface area contributed by atoms with Gasteiger partial charge in [-0.25, -0.2) is 4.39 Å². The van der Waals surface area contributed by atoms with Crippen LogP contribution in [-0.4, -0.2) is 70.3 Å². The van der Waals surface area contributed by atoms with E-state index in [0.717, 1.165) is 23.3 Å². The number of alkyl halides is 1. The highest BCUT2D eigenvalue weighted by atomic mass is 19.1. The molecule has 2 aromatic rings. The molecule has 1 saturated heterocycles. The van der Waals surface area contributed by atoms with Gasteiger partial charge in [0.1, 0.15) is 18.0 Å². The average molecular weight is 500 g/mol. The van der Waals surface area contributed by atoms with Crippen molar-refractivity contribution in [3.8, 4) is 5.75 Å². The first-order valence-electron chi connectivity index (χ1n) is 12.3. The maximum Gasteiger partial charge on any atom is 0.254 e. The summed E-state index contributed by atoms with van der Waals surface area (Å²) in [5.74, 6) is -1.90. The third-order valence-electron chi connectivity index (χ3n) is 6.46. The van der Waals surface area contributed by atoms with Gasteiger partial charge in [0.05, 0.1) is 12.6 Å². The number of carbonyl (C=O) groups excluding carboxylic acids is 3. The molecule has 0 bridgehead atoms. The molecular weight excluding hydrogens is 465 g/mol. The van der Waals surface area contributed by atoms with Gasteiger partial charge in [0.25, 0.3) is 11.8 Å². The Bertz CT molecular complexity index is 1060. The lowest BCUT2D eigenvalue weighted by Crippen LogP contribution is -2.56. The lowest BCUT2D eigenvalue weighted by molar-refractivity contribution is -0.146. The summed E-state index contributed by atoms with van der Waals surface area (Å²) in [7, 11) is 0. The highest BCUT2D eigenvalue weighted by Gasteiger charge is 2.43. The summed E-state index contributed by atoms with van der Waals surface area (Å²) in [5, 5.41) is 26.5. The normalized spacial score (nSPS) is 18.9. The molecule has 0 aromatic heterocycles. The number of aromatic hydroxyl groups is 1. The molecule has 2 aromatic carbocycles. The van der Waals surface area contributed by atoms with Crippen molar-refractivity contribution in [2.45, 2.75) is 63.9 Å². The van der Waals surface area contributed by atoms with Crippen LogP contribution in [0.4, 0.5) is 4.39 Å². The Morgan fingerprint density at radius 1 is 1.14 bits per heavy atom. The van der Waals surface area contributed by atoms with E-state index in [2.05, 4.69) is 10.6 Å². The molecule has 3 amide bonds. The first-order valence-corrected chi connectivity index (χ1v) is 12.3. The van der Waals surface area contributed by atoms with Crippen LogP contribution < -0.4 is 10.6 Å². The zero-order valence-corrected chi connectivity index (χ0v) is 20.6. The van der Waals surface area contributed by atoms with Crippen LogP contribution >= 0.6 is 0 Å². The summed E-state index contributed by atoms with van der Waals surface area (Å²) in [6.07, 6.45) is -1.50. The fraction of sp³-hybridized carbons (Fsp3) is 0.444. The van der Waals surface area contributed by atoms with Crippen LogP contribution in [-0.2, 0) is 16.0 Å². The molecule has 1 fully saturated rings. The van der Waals surface area contributed by atoms with Gasteiger partial charge >= 0.3 is 0 Å². The maximum absolute atomic E-state index is 14.3. The SMILES string of the molecule is CCCCNC(=O)[C@@H]1C[C@H](F)CN1C(=O)[C@@H](O)[C@H](Cc1ccccc1)NC(=O)c1cccc(O)c1C. The molecule has 1 aliphatic heterocycles. The van der Waals surface area contributed by atoms with Gasteiger partial charge in [-0.3, -0.25) is 14.4 Å². The predicted octanol–water partition coefficient (Wildman–Crippen LogP) is 2.26. The Balaban J connectivity index is 1.82. The smallest absolute Gasteiger partial charge is 0.254 e. The standard InChI is InChI=1S/C27H34FN3O5/c1-3-4-13-29-26(35)22-15-19(28)16-31(22)27(36)24(33)21(14-18-9-6-5-7-10-18)30-25(34)20-11-8-12-23(32)17(20)2/h5-12,19,21-22,24,32-33H,3-4,13-16H2,1-2H3,(H,29,35)(H,30,34)/t19-,21-,22-,24-/m0/s1. The van der Waals surface area contributed by atoms with Crippen LogP contribution in [0.2, 0.25) is 0 Å². The van der Waals surface area contributed by atoms with Gasteiger partial charge < -0.3 is 25.7 Å². The summed E-state index contributed by atoms with van der Waals surface area (Å²) < 4.78 is 14.3. The van der Waals surface area contributed by atoms with Gasteiger partial charge in [-0.15, -0.1) is 0 Å². The molecule has 1 aliphatic rings. The third-order valence-corrected chi connectivity index (χ3v) is 6.46. The minimum absolute atomic E-state index is 0.0538. The molecule has 0 aliphatic carbocycles. The first-order chi connectivity index (χ1) is 17.2. The molecule has 4 atom stereocenters. The molecule has 4 N–H and O–H groups in total. The van der Waals surface area contributed by atoms with E-state index in [1.807, 2.05) is 13.0 Å². The fourth-order valence-corrected chi connectivity index (χ4v) is 4.35. The number of halogens is 1. The number of rotatable bonds is 10. The highest BCUT2D eigenvalue weighted by molar-refractivity contribution is 5.97. The summed E-state index contributed by atoms with van der Waals surface area (Å²) in [6.45, 7) is 3.68. The van der Waals surface area contributed by atoms with E-state index in [-0.39, 0.29) is 30.7 Å². The highest BCUT2D eigenvalue weighted by Crippen LogP contribution is 2.24. The minimum Gasteiger partial charge on any atom is -0.508 e. The zero-order chi connectivity index (χ0) is 26.2. The summed E-state index contributed by atoms with van der Waals surface area (Å²) in [6, 6.07) is 11.4. The van der Waals surface area contributed by atoms with Crippen molar-refractivity contribution in [2.75, 3.05) is 13.1 Å². The van der Waals surface area contributed by atoms with E-state index < -0.39 is 42.1 Å². The molecule has 9 heteroatoms. The Morgan fingerprint density at radius 3 is 2.56 bits per heavy atom. The maximum atomic E-state index is 14.3. The molecular formula is C27H34FN3O5. The predicted molar refractivity (Wildman–Crippen MR) is 133 cm³/mol. The number of aliphatic hydroxyl groups excluding tert-OH is 1. The van der Waals surface area contributed by atoms with Crippen molar-refractivity contribution in [2.24, 2.45) is 0 Å². The largest absolute Gasteiger partial charge is 0.508 e. The zero-order valence-electron chi connectivity index (χ0n) is 20.6. The number of nitrogens with zero attached hydrogens (tertiary/aromatic N) is 1. The number of unbranched alkanes of at least 4 members (excludes halogenated alkanes) is 1. The minimum atomic E-state index is -1.72. The number of benzene rings is 2. The number of phenolic OH excluding ortho intramolecular Hbond substituents is 1. The van der Waals surface area contributed by atoms with Crippen LogP contribution in [0.1, 0.15) is 47.7 Å². The van der Waals surface area contributed by atoms with E-state index in [4.69, 9.17) is 0 Å². The Kier molecular flexibility index (Phi) is 9.41. The molecule has 3 rings (SSSR count). The van der Waals surface area contributed by atoms with E-state index >= 15 is 0 Å². The monoisotopic (exact) mass is 499 g/mol. The van der Waals surface area contributed by atoms with Crippen molar-refractivity contribution >= 4 is 17.7 Å². The molecule has 0 saturated carbocycles. The molecule has 8 nitrogen and oxygen atoms in total. The van der Waals surface area contributed by atoms with Crippen molar-refractivity contribution in [3.63, 3.8) is 0 Å². The third kappa shape index (κ3) is 6.60. The van der Waals surface area contributed by atoms with Gasteiger partial charge in [-0.05, 0) is 37.5 Å². The average Bonchev–Trinajstić information content (AvgIpc) is 3.26. The number of phenols is 1. The van der Waals surface area contributed by atoms with Crippen molar-refractivity contribution in [1.29, 1.82) is 0 Å². The van der Waals surface area contributed by atoms with E-state index in [9.17, 15) is 29.0 Å². The van der Waals surface area contributed by atoms with Crippen LogP contribution in [0.5, 0.6) is 5.75 Å². The van der Waals surface area contributed by atoms with Crippen molar-refractivity contribution < 1.29 is 29.0 Å². The molecule has 194 valence electrons. The van der Waals surface area contributed by atoms with Crippen LogP contribution in [0, 0.1) is 6.92 Å². The van der Waals surface area contributed by atoms with Crippen LogP contribution in [0.3, 0.4) is 0 Å². The molecule has 1 heterocycles. The quantitative estimate of drug-likeness (QED) is 0.374. The second-order valence-corrected chi connectivity index (χ2v) is 9.15. The topological polar surface area (TPSA) is 119 Å². The molecule has 0 radical (unpaired) electrons. The van der Waals surface area contributed by atoms with Gasteiger partial charge in [-0.2, -0.15) is 0 Å². The number of nitrogens with one attached hydrogen (secondary N) is 2. The second kappa shape index (κ2) is 12.5. The Morgan fingerprint density at radius 2 is 1.86 bits per heavy atom. The van der Waals surface area contributed by atoms with E-state index in [1.165, 1.54) is 18.2 Å². The second-order valence-electron chi connectivity index (χ2n) is 9.15. The number of aliphatic hydroxyl groups is 1. The number of carbonyl (C=O) groups is 3. The number of amides is 3. The lowest BCUT2D eigenvalue weighted by Gasteiger charge is -2.30. The Hall–Kier alpha value is -3.46. The first kappa shape index (κ1) is 27.1. The van der Waals surface area contributed by atoms with Gasteiger partial charge in [0, 0.05) is 24.1 Å². The van der Waals surface area contributed by atoms with Crippen molar-refractivity contribution in [3.05, 3.63) is 65.2 Å². The molecule has 0 spiro atoms.